The van der Waals surface area contributed by atoms with Gasteiger partial charge in [0, 0.05) is 51.0 Å². The highest BCUT2D eigenvalue weighted by Gasteiger charge is 2.26. The van der Waals surface area contributed by atoms with E-state index in [2.05, 4.69) is 18.9 Å². The van der Waals surface area contributed by atoms with Crippen LogP contribution >= 0.6 is 0 Å². The maximum absolute atomic E-state index is 13.9. The van der Waals surface area contributed by atoms with Crippen LogP contribution in [0, 0.1) is 5.82 Å². The molecule has 2 amide bonds. The second kappa shape index (κ2) is 9.54. The van der Waals surface area contributed by atoms with E-state index in [0.717, 1.165) is 25.1 Å². The van der Waals surface area contributed by atoms with E-state index in [1.54, 1.807) is 21.9 Å². The Morgan fingerprint density at radius 3 is 2.10 bits per heavy atom. The number of hydrogen-bond donors (Lipinski definition) is 0. The van der Waals surface area contributed by atoms with E-state index in [-0.39, 0.29) is 17.4 Å². The number of nitrogens with zero attached hydrogens (tertiary/aromatic N) is 3. The number of amides is 2. The maximum atomic E-state index is 13.9. The third kappa shape index (κ3) is 4.94. The summed E-state index contributed by atoms with van der Waals surface area (Å²) in [5.74, 6) is -0.875. The molecule has 0 unspecified atom stereocenters. The molecule has 1 aliphatic heterocycles. The second-order valence-corrected chi connectivity index (χ2v) is 7.39. The van der Waals surface area contributed by atoms with Crippen molar-refractivity contribution in [3.63, 3.8) is 0 Å². The monoisotopic (exact) mass is 397 g/mol. The molecule has 1 saturated heterocycles. The Morgan fingerprint density at radius 1 is 0.931 bits per heavy atom. The first-order valence-corrected chi connectivity index (χ1v) is 10.2. The van der Waals surface area contributed by atoms with Gasteiger partial charge in [0.1, 0.15) is 5.82 Å². The topological polar surface area (TPSA) is 43.9 Å². The van der Waals surface area contributed by atoms with Gasteiger partial charge in [0.25, 0.3) is 11.8 Å². The average molecular weight is 397 g/mol. The van der Waals surface area contributed by atoms with E-state index in [4.69, 9.17) is 0 Å². The largest absolute Gasteiger partial charge is 0.375 e. The zero-order valence-corrected chi connectivity index (χ0v) is 17.1. The molecule has 3 rings (SSSR count). The zero-order valence-electron chi connectivity index (χ0n) is 17.1. The number of carbonyl (C=O) groups excluding carboxylic acids is 2. The summed E-state index contributed by atoms with van der Waals surface area (Å²) in [4.78, 5) is 30.9. The summed E-state index contributed by atoms with van der Waals surface area (Å²) in [5.41, 5.74) is 1.82. The molecule has 0 atom stereocenters. The molecule has 0 aromatic heterocycles. The van der Waals surface area contributed by atoms with Gasteiger partial charge >= 0.3 is 0 Å². The van der Waals surface area contributed by atoms with Crippen molar-refractivity contribution in [2.75, 3.05) is 44.7 Å². The summed E-state index contributed by atoms with van der Waals surface area (Å²) < 4.78 is 13.9. The predicted octanol–water partition coefficient (Wildman–Crippen LogP) is 3.66. The maximum Gasteiger partial charge on any atom is 0.256 e. The SMILES string of the molecule is CCCCN(C)c1ccc(C(=O)N2CCN(C(=O)c3ccccc3F)CC2)cc1. The minimum atomic E-state index is -0.514. The number of piperazine rings is 1. The van der Waals surface area contributed by atoms with Crippen LogP contribution in [0.15, 0.2) is 48.5 Å². The van der Waals surface area contributed by atoms with Crippen molar-refractivity contribution in [3.05, 3.63) is 65.5 Å². The lowest BCUT2D eigenvalue weighted by molar-refractivity contribution is 0.0533. The molecule has 0 bridgehead atoms. The fraction of sp³-hybridized carbons (Fsp3) is 0.391. The number of carbonyl (C=O) groups is 2. The van der Waals surface area contributed by atoms with Crippen molar-refractivity contribution in [2.45, 2.75) is 19.8 Å². The smallest absolute Gasteiger partial charge is 0.256 e. The minimum Gasteiger partial charge on any atom is -0.375 e. The molecular weight excluding hydrogens is 369 g/mol. The first-order valence-electron chi connectivity index (χ1n) is 10.2. The Hall–Kier alpha value is -2.89. The summed E-state index contributed by atoms with van der Waals surface area (Å²) in [6.45, 7) is 4.84. The molecule has 0 N–H and O–H groups in total. The summed E-state index contributed by atoms with van der Waals surface area (Å²) >= 11 is 0. The van der Waals surface area contributed by atoms with Crippen LogP contribution < -0.4 is 4.90 Å². The quantitative estimate of drug-likeness (QED) is 0.747. The van der Waals surface area contributed by atoms with E-state index < -0.39 is 5.82 Å². The molecule has 2 aromatic carbocycles. The van der Waals surface area contributed by atoms with E-state index in [1.807, 2.05) is 24.3 Å². The van der Waals surface area contributed by atoms with Gasteiger partial charge in [0.05, 0.1) is 5.56 Å². The van der Waals surface area contributed by atoms with E-state index in [9.17, 15) is 14.0 Å². The van der Waals surface area contributed by atoms with Gasteiger partial charge in [-0.2, -0.15) is 0 Å². The van der Waals surface area contributed by atoms with Crippen LogP contribution in [0.4, 0.5) is 10.1 Å². The molecule has 0 radical (unpaired) electrons. The van der Waals surface area contributed by atoms with Crippen LogP contribution in [-0.2, 0) is 0 Å². The van der Waals surface area contributed by atoms with Crippen molar-refractivity contribution in [2.24, 2.45) is 0 Å². The van der Waals surface area contributed by atoms with E-state index >= 15 is 0 Å². The highest BCUT2D eigenvalue weighted by Crippen LogP contribution is 2.17. The van der Waals surface area contributed by atoms with E-state index in [1.165, 1.54) is 12.1 Å². The third-order valence-corrected chi connectivity index (χ3v) is 5.36. The van der Waals surface area contributed by atoms with Gasteiger partial charge < -0.3 is 14.7 Å². The predicted molar refractivity (Wildman–Crippen MR) is 113 cm³/mol. The van der Waals surface area contributed by atoms with Crippen LogP contribution in [0.3, 0.4) is 0 Å². The van der Waals surface area contributed by atoms with Crippen LogP contribution in [0.1, 0.15) is 40.5 Å². The van der Waals surface area contributed by atoms with Gasteiger partial charge in [0.15, 0.2) is 0 Å². The fourth-order valence-electron chi connectivity index (χ4n) is 3.48. The Balaban J connectivity index is 1.57. The molecule has 154 valence electrons. The fourth-order valence-corrected chi connectivity index (χ4v) is 3.48. The van der Waals surface area contributed by atoms with Crippen molar-refractivity contribution < 1.29 is 14.0 Å². The molecule has 0 saturated carbocycles. The number of benzene rings is 2. The van der Waals surface area contributed by atoms with Gasteiger partial charge in [-0.05, 0) is 42.8 Å². The lowest BCUT2D eigenvalue weighted by Gasteiger charge is -2.35. The number of rotatable bonds is 6. The highest BCUT2D eigenvalue weighted by molar-refractivity contribution is 5.96. The van der Waals surface area contributed by atoms with Crippen molar-refractivity contribution in [3.8, 4) is 0 Å². The number of halogens is 1. The molecule has 0 aliphatic carbocycles. The van der Waals surface area contributed by atoms with Crippen LogP contribution in [0.5, 0.6) is 0 Å². The van der Waals surface area contributed by atoms with Gasteiger partial charge in [-0.1, -0.05) is 25.5 Å². The van der Waals surface area contributed by atoms with Crippen LogP contribution in [0.25, 0.3) is 0 Å². The lowest BCUT2D eigenvalue weighted by atomic mass is 10.1. The van der Waals surface area contributed by atoms with Crippen LogP contribution in [0.2, 0.25) is 0 Å². The summed E-state index contributed by atoms with van der Waals surface area (Å²) in [6, 6.07) is 13.7. The molecule has 1 fully saturated rings. The van der Waals surface area contributed by atoms with Gasteiger partial charge in [-0.25, -0.2) is 4.39 Å². The number of hydrogen-bond acceptors (Lipinski definition) is 3. The van der Waals surface area contributed by atoms with Crippen LogP contribution in [-0.4, -0.2) is 61.4 Å². The molecule has 29 heavy (non-hydrogen) atoms. The average Bonchev–Trinajstić information content (AvgIpc) is 2.77. The van der Waals surface area contributed by atoms with Gasteiger partial charge in [-0.3, -0.25) is 9.59 Å². The third-order valence-electron chi connectivity index (χ3n) is 5.36. The molecule has 0 spiro atoms. The first-order chi connectivity index (χ1) is 14.0. The Morgan fingerprint density at radius 2 is 1.52 bits per heavy atom. The molecule has 1 heterocycles. The normalized spacial score (nSPS) is 14.0. The zero-order chi connectivity index (χ0) is 20.8. The summed E-state index contributed by atoms with van der Waals surface area (Å²) in [6.07, 6.45) is 2.28. The van der Waals surface area contributed by atoms with Gasteiger partial charge in [-0.15, -0.1) is 0 Å². The molecule has 1 aliphatic rings. The first kappa shape index (κ1) is 20.8. The second-order valence-electron chi connectivity index (χ2n) is 7.39. The standard InChI is InChI=1S/C23H28FN3O2/c1-3-4-13-25(2)19-11-9-18(10-12-19)22(28)26-14-16-27(17-15-26)23(29)20-7-5-6-8-21(20)24/h5-12H,3-4,13-17H2,1-2H3. The van der Waals surface area contributed by atoms with Crippen molar-refractivity contribution >= 4 is 17.5 Å². The minimum absolute atomic E-state index is 0.0363. The number of unbranched alkanes of at least 4 members (excludes halogenated alkanes) is 1. The molecule has 2 aromatic rings. The highest BCUT2D eigenvalue weighted by atomic mass is 19.1. The number of anilines is 1. The summed E-state index contributed by atoms with van der Waals surface area (Å²) in [7, 11) is 2.05. The molecule has 6 heteroatoms. The molecule has 5 nitrogen and oxygen atoms in total. The Labute approximate surface area is 171 Å². The summed E-state index contributed by atoms with van der Waals surface area (Å²) in [5, 5.41) is 0. The van der Waals surface area contributed by atoms with E-state index in [0.29, 0.717) is 31.7 Å². The van der Waals surface area contributed by atoms with Crippen molar-refractivity contribution in [1.82, 2.24) is 9.80 Å². The van der Waals surface area contributed by atoms with Crippen molar-refractivity contribution in [1.29, 1.82) is 0 Å². The Kier molecular flexibility index (Phi) is 6.86. The Bertz CT molecular complexity index is 845. The van der Waals surface area contributed by atoms with Gasteiger partial charge in [0.2, 0.25) is 0 Å². The molecular formula is C23H28FN3O2. The lowest BCUT2D eigenvalue weighted by Crippen LogP contribution is -2.50.